The zero-order valence-electron chi connectivity index (χ0n) is 17.1. The molecule has 31 heavy (non-hydrogen) atoms. The van der Waals surface area contributed by atoms with Gasteiger partial charge in [-0.25, -0.2) is 4.39 Å². The Bertz CT molecular complexity index is 1090. The summed E-state index contributed by atoms with van der Waals surface area (Å²) < 4.78 is 16.5. The highest BCUT2D eigenvalue weighted by atomic mass is 32.2. The predicted octanol–water partition coefficient (Wildman–Crippen LogP) is 5.56. The number of rotatable bonds is 7. The highest BCUT2D eigenvalue weighted by Gasteiger charge is 2.27. The third kappa shape index (κ3) is 4.70. The second kappa shape index (κ2) is 9.88. The number of benzene rings is 2. The molecule has 158 valence electrons. The van der Waals surface area contributed by atoms with Gasteiger partial charge in [0, 0.05) is 6.04 Å². The van der Waals surface area contributed by atoms with Gasteiger partial charge in [-0.3, -0.25) is 9.36 Å². The third-order valence-corrected chi connectivity index (χ3v) is 6.61. The Balaban J connectivity index is 1.60. The number of nitrogens with zero attached hydrogens (tertiary/aromatic N) is 4. The fraction of sp³-hybridized carbons (Fsp3) is 0.333. The van der Waals surface area contributed by atoms with E-state index in [0.29, 0.717) is 22.1 Å². The van der Waals surface area contributed by atoms with Crippen molar-refractivity contribution in [3.63, 3.8) is 0 Å². The number of Topliss-reactive ketones (excluding diaryl/α,β-unsaturated/α-hetero) is 1. The Morgan fingerprint density at radius 3 is 2.52 bits per heavy atom. The molecule has 0 N–H and O–H groups in total. The minimum atomic E-state index is -0.814. The van der Waals surface area contributed by atoms with Crippen LogP contribution in [-0.4, -0.2) is 26.3 Å². The van der Waals surface area contributed by atoms with Crippen molar-refractivity contribution in [1.29, 1.82) is 5.26 Å². The summed E-state index contributed by atoms with van der Waals surface area (Å²) >= 11 is 1.27. The lowest BCUT2D eigenvalue weighted by Crippen LogP contribution is -2.17. The third-order valence-electron chi connectivity index (χ3n) is 5.65. The second-order valence-corrected chi connectivity index (χ2v) is 8.62. The van der Waals surface area contributed by atoms with Crippen molar-refractivity contribution >= 4 is 17.5 Å². The highest BCUT2D eigenvalue weighted by molar-refractivity contribution is 7.99. The van der Waals surface area contributed by atoms with Gasteiger partial charge >= 0.3 is 0 Å². The van der Waals surface area contributed by atoms with E-state index in [4.69, 9.17) is 0 Å². The summed E-state index contributed by atoms with van der Waals surface area (Å²) in [6, 6.07) is 17.9. The maximum Gasteiger partial charge on any atom is 0.192 e. The second-order valence-electron chi connectivity index (χ2n) is 7.68. The minimum Gasteiger partial charge on any atom is -0.299 e. The van der Waals surface area contributed by atoms with Gasteiger partial charge < -0.3 is 0 Å². The van der Waals surface area contributed by atoms with Crippen LogP contribution in [0, 0.1) is 17.1 Å². The number of halogens is 1. The van der Waals surface area contributed by atoms with Gasteiger partial charge in [0.2, 0.25) is 0 Å². The molecule has 1 aromatic heterocycles. The van der Waals surface area contributed by atoms with E-state index in [9.17, 15) is 14.4 Å². The first kappa shape index (κ1) is 21.3. The topological polar surface area (TPSA) is 71.6 Å². The van der Waals surface area contributed by atoms with Crippen molar-refractivity contribution < 1.29 is 9.18 Å². The van der Waals surface area contributed by atoms with Crippen LogP contribution in [0.25, 0.3) is 11.4 Å². The van der Waals surface area contributed by atoms with Crippen molar-refractivity contribution in [2.24, 2.45) is 0 Å². The molecule has 1 unspecified atom stereocenters. The molecule has 2 aromatic carbocycles. The predicted molar refractivity (Wildman–Crippen MR) is 118 cm³/mol. The van der Waals surface area contributed by atoms with E-state index in [-0.39, 0.29) is 23.4 Å². The largest absolute Gasteiger partial charge is 0.299 e. The van der Waals surface area contributed by atoms with Gasteiger partial charge in [-0.05, 0) is 30.5 Å². The van der Waals surface area contributed by atoms with Gasteiger partial charge in [0.05, 0.1) is 17.4 Å². The summed E-state index contributed by atoms with van der Waals surface area (Å²) in [4.78, 5) is 12.8. The molecule has 5 nitrogen and oxygen atoms in total. The van der Waals surface area contributed by atoms with Crippen molar-refractivity contribution in [3.8, 4) is 17.5 Å². The molecule has 0 radical (unpaired) electrons. The minimum absolute atomic E-state index is 0.106. The fourth-order valence-corrected chi connectivity index (χ4v) is 4.98. The van der Waals surface area contributed by atoms with Crippen LogP contribution in [0.3, 0.4) is 0 Å². The number of nitriles is 1. The molecule has 7 heteroatoms. The molecule has 0 spiro atoms. The molecular formula is C24H23FN4OS. The van der Waals surface area contributed by atoms with Gasteiger partial charge in [-0.1, -0.05) is 73.5 Å². The maximum absolute atomic E-state index is 14.5. The van der Waals surface area contributed by atoms with Crippen LogP contribution in [0.1, 0.15) is 49.6 Å². The van der Waals surface area contributed by atoms with Crippen LogP contribution in [0.2, 0.25) is 0 Å². The highest BCUT2D eigenvalue weighted by Crippen LogP contribution is 2.36. The summed E-state index contributed by atoms with van der Waals surface area (Å²) in [6.07, 6.45) is 5.35. The number of thioether (sulfide) groups is 1. The Kier molecular flexibility index (Phi) is 6.78. The van der Waals surface area contributed by atoms with Crippen LogP contribution in [-0.2, 0) is 4.79 Å². The van der Waals surface area contributed by atoms with Crippen molar-refractivity contribution in [2.75, 3.05) is 5.75 Å². The lowest BCUT2D eigenvalue weighted by molar-refractivity contribution is -0.116. The van der Waals surface area contributed by atoms with E-state index in [1.807, 2.05) is 22.8 Å². The van der Waals surface area contributed by atoms with Crippen LogP contribution < -0.4 is 0 Å². The summed E-state index contributed by atoms with van der Waals surface area (Å²) in [5.41, 5.74) is 1.11. The van der Waals surface area contributed by atoms with Crippen LogP contribution >= 0.6 is 11.8 Å². The average Bonchev–Trinajstić information content (AvgIpc) is 3.23. The Morgan fingerprint density at radius 1 is 1.10 bits per heavy atom. The number of carbonyl (C=O) groups is 1. The average molecular weight is 435 g/mol. The van der Waals surface area contributed by atoms with Gasteiger partial charge in [0.15, 0.2) is 16.8 Å². The normalized spacial score (nSPS) is 15.4. The van der Waals surface area contributed by atoms with Crippen LogP contribution in [0.5, 0.6) is 0 Å². The summed E-state index contributed by atoms with van der Waals surface area (Å²) in [5.74, 6) is -0.724. The lowest BCUT2D eigenvalue weighted by Gasteiger charge is -2.25. The quantitative estimate of drug-likeness (QED) is 0.455. The van der Waals surface area contributed by atoms with Crippen molar-refractivity contribution in [2.45, 2.75) is 49.2 Å². The Labute approximate surface area is 185 Å². The van der Waals surface area contributed by atoms with Crippen LogP contribution in [0.15, 0.2) is 59.8 Å². The lowest BCUT2D eigenvalue weighted by atomic mass is 9.95. The Hall–Kier alpha value is -2.98. The first-order valence-electron chi connectivity index (χ1n) is 10.5. The number of aromatic nitrogens is 3. The first-order chi connectivity index (χ1) is 15.2. The SMILES string of the molecule is N#CC(C(=O)CSc1nnc(-c2ccccc2F)n1C1CCCCC1)c1ccccc1. The molecule has 1 atom stereocenters. The smallest absolute Gasteiger partial charge is 0.192 e. The number of carbonyl (C=O) groups excluding carboxylic acids is 1. The molecule has 1 aliphatic carbocycles. The standard InChI is InChI=1S/C24H23FN4OS/c25-21-14-8-7-13-19(21)23-27-28-24(29(23)18-11-5-2-6-12-18)31-16-22(30)20(15-26)17-9-3-1-4-10-17/h1,3-4,7-10,13-14,18,20H,2,5-6,11-12,16H2. The van der Waals surface area contributed by atoms with E-state index >= 15 is 0 Å². The molecule has 4 rings (SSSR count). The van der Waals surface area contributed by atoms with E-state index in [2.05, 4.69) is 16.3 Å². The van der Waals surface area contributed by atoms with Gasteiger partial charge in [0.25, 0.3) is 0 Å². The summed E-state index contributed by atoms with van der Waals surface area (Å²) in [7, 11) is 0. The molecule has 1 heterocycles. The van der Waals surface area contributed by atoms with E-state index < -0.39 is 5.92 Å². The molecule has 0 amide bonds. The zero-order chi connectivity index (χ0) is 21.6. The summed E-state index contributed by atoms with van der Waals surface area (Å²) in [5, 5.41) is 18.7. The molecule has 0 saturated heterocycles. The van der Waals surface area contributed by atoms with Crippen LogP contribution in [0.4, 0.5) is 4.39 Å². The first-order valence-corrected chi connectivity index (χ1v) is 11.5. The van der Waals surface area contributed by atoms with Gasteiger partial charge in [-0.15, -0.1) is 10.2 Å². The van der Waals surface area contributed by atoms with Crippen molar-refractivity contribution in [1.82, 2.24) is 14.8 Å². The summed E-state index contributed by atoms with van der Waals surface area (Å²) in [6.45, 7) is 0. The molecule has 3 aromatic rings. The molecule has 1 aliphatic rings. The number of ketones is 1. The van der Waals surface area contributed by atoms with E-state index in [0.717, 1.165) is 25.7 Å². The monoisotopic (exact) mass is 434 g/mol. The number of hydrogen-bond donors (Lipinski definition) is 0. The Morgan fingerprint density at radius 2 is 1.81 bits per heavy atom. The molecular weight excluding hydrogens is 411 g/mol. The van der Waals surface area contributed by atoms with E-state index in [1.54, 1.807) is 30.3 Å². The maximum atomic E-state index is 14.5. The zero-order valence-corrected chi connectivity index (χ0v) is 17.9. The molecule has 1 saturated carbocycles. The van der Waals surface area contributed by atoms with Crippen molar-refractivity contribution in [3.05, 3.63) is 66.0 Å². The van der Waals surface area contributed by atoms with E-state index in [1.165, 1.54) is 24.2 Å². The fourth-order valence-electron chi connectivity index (χ4n) is 4.07. The molecule has 0 bridgehead atoms. The van der Waals surface area contributed by atoms with Gasteiger partial charge in [-0.2, -0.15) is 5.26 Å². The molecule has 0 aliphatic heterocycles. The van der Waals surface area contributed by atoms with Gasteiger partial charge in [0.1, 0.15) is 11.7 Å². The number of hydrogen-bond acceptors (Lipinski definition) is 5. The molecule has 1 fully saturated rings.